The van der Waals surface area contributed by atoms with Crippen molar-refractivity contribution in [3.8, 4) is 28.1 Å². The van der Waals surface area contributed by atoms with Crippen LogP contribution in [0, 0.1) is 11.3 Å². The molecule has 4 amide bonds. The average molecular weight is 931 g/mol. The number of hydrogen-bond donors (Lipinski definition) is 3. The first-order chi connectivity index (χ1) is 32.5. The summed E-state index contributed by atoms with van der Waals surface area (Å²) < 4.78 is 8.48. The zero-order chi connectivity index (χ0) is 48.6. The van der Waals surface area contributed by atoms with Gasteiger partial charge in [-0.05, 0) is 116 Å². The molecule has 5 atom stereocenters. The molecular weight excluding hydrogens is 861 g/mol. The number of carbonyl (C=O) groups excluding carboxylic acids is 5. The summed E-state index contributed by atoms with van der Waals surface area (Å²) in [5.74, 6) is -1.85. The predicted molar refractivity (Wildman–Crippen MR) is 261 cm³/mol. The van der Waals surface area contributed by atoms with E-state index in [1.54, 1.807) is 26.2 Å². The van der Waals surface area contributed by atoms with Crippen molar-refractivity contribution in [2.24, 2.45) is 11.3 Å². The number of aromatic nitrogens is 2. The highest BCUT2D eigenvalue weighted by Crippen LogP contribution is 2.42. The summed E-state index contributed by atoms with van der Waals surface area (Å²) in [5.41, 5.74) is 10.1. The highest BCUT2D eigenvalue weighted by molar-refractivity contribution is 5.96. The van der Waals surface area contributed by atoms with Crippen molar-refractivity contribution in [3.63, 3.8) is 0 Å². The minimum Gasteiger partial charge on any atom is -0.508 e. The van der Waals surface area contributed by atoms with E-state index in [1.165, 1.54) is 14.8 Å². The van der Waals surface area contributed by atoms with E-state index in [1.807, 2.05) is 30.2 Å². The second-order valence-electron chi connectivity index (χ2n) is 20.6. The van der Waals surface area contributed by atoms with Crippen molar-refractivity contribution in [3.05, 3.63) is 71.5 Å². The van der Waals surface area contributed by atoms with E-state index in [-0.39, 0.29) is 55.0 Å². The molecule has 6 bridgehead atoms. The number of fused-ring (bicyclic) bond motifs is 6. The highest BCUT2D eigenvalue weighted by Gasteiger charge is 2.43. The smallest absolute Gasteiger partial charge is 0.324 e. The number of rotatable bonds is 11. The van der Waals surface area contributed by atoms with E-state index >= 15 is 0 Å². The number of hydrazine groups is 1. The van der Waals surface area contributed by atoms with Crippen LogP contribution >= 0.6 is 0 Å². The van der Waals surface area contributed by atoms with Crippen LogP contribution in [0.3, 0.4) is 0 Å². The van der Waals surface area contributed by atoms with Crippen LogP contribution in [0.1, 0.15) is 103 Å². The van der Waals surface area contributed by atoms with Crippen molar-refractivity contribution in [1.29, 1.82) is 0 Å². The molecular formula is C53H70N8O7. The number of pyridine rings is 1. The molecule has 4 aromatic rings. The molecule has 2 saturated heterocycles. The van der Waals surface area contributed by atoms with Gasteiger partial charge in [-0.15, -0.1) is 0 Å². The molecule has 15 heteroatoms. The van der Waals surface area contributed by atoms with Gasteiger partial charge in [-0.2, -0.15) is 0 Å². The summed E-state index contributed by atoms with van der Waals surface area (Å²) in [7, 11) is 3.22. The fourth-order valence-corrected chi connectivity index (χ4v) is 10.9. The number of cyclic esters (lactones) is 1. The lowest BCUT2D eigenvalue weighted by Crippen LogP contribution is -2.62. The van der Waals surface area contributed by atoms with Crippen molar-refractivity contribution in [1.82, 2.24) is 40.0 Å². The zero-order valence-electron chi connectivity index (χ0n) is 41.1. The Kier molecular flexibility index (Phi) is 14.3. The van der Waals surface area contributed by atoms with Crippen LogP contribution in [-0.2, 0) is 48.1 Å². The van der Waals surface area contributed by atoms with Gasteiger partial charge in [0, 0.05) is 68.2 Å². The van der Waals surface area contributed by atoms with E-state index in [0.29, 0.717) is 44.5 Å². The number of nitrogens with zero attached hydrogens (tertiary/aromatic N) is 6. The molecule has 4 aliphatic rings. The molecule has 3 fully saturated rings. The number of phenols is 1. The Morgan fingerprint density at radius 3 is 2.46 bits per heavy atom. The topological polar surface area (TPSA) is 169 Å². The van der Waals surface area contributed by atoms with E-state index in [9.17, 15) is 29.1 Å². The molecule has 1 unspecified atom stereocenters. The predicted octanol–water partition coefficient (Wildman–Crippen LogP) is 6.05. The Morgan fingerprint density at radius 2 is 1.75 bits per heavy atom. The number of aryl methyl sites for hydroxylation is 1. The van der Waals surface area contributed by atoms with E-state index in [2.05, 4.69) is 74.2 Å². The lowest BCUT2D eigenvalue weighted by molar-refractivity contribution is -0.155. The number of aromatic hydroxyl groups is 1. The molecule has 3 aliphatic heterocycles. The third-order valence-electron chi connectivity index (χ3n) is 14.6. The van der Waals surface area contributed by atoms with Crippen molar-refractivity contribution in [2.75, 3.05) is 46.9 Å². The molecule has 364 valence electrons. The molecule has 3 N–H and O–H groups in total. The number of hydrogen-bond acceptors (Lipinski definition) is 10. The zero-order valence-corrected chi connectivity index (χ0v) is 41.1. The number of likely N-dealkylation sites (N-methyl/N-ethyl adjacent to an activating group) is 3. The van der Waals surface area contributed by atoms with Crippen molar-refractivity contribution < 1.29 is 33.8 Å². The maximum absolute atomic E-state index is 14.9. The molecule has 68 heavy (non-hydrogen) atoms. The largest absolute Gasteiger partial charge is 0.508 e. The molecule has 2 aromatic heterocycles. The van der Waals surface area contributed by atoms with Gasteiger partial charge in [0.25, 0.3) is 5.91 Å². The van der Waals surface area contributed by atoms with Crippen LogP contribution in [0.5, 0.6) is 5.75 Å². The fourth-order valence-electron chi connectivity index (χ4n) is 10.9. The maximum atomic E-state index is 14.9. The molecule has 0 radical (unpaired) electrons. The monoisotopic (exact) mass is 931 g/mol. The lowest BCUT2D eigenvalue weighted by atomic mass is 9.83. The summed E-state index contributed by atoms with van der Waals surface area (Å²) in [6.07, 6.45) is 6.69. The summed E-state index contributed by atoms with van der Waals surface area (Å²) in [6.45, 7) is 15.0. The summed E-state index contributed by atoms with van der Waals surface area (Å²) in [6, 6.07) is 12.7. The number of ether oxygens (including phenoxy) is 1. The van der Waals surface area contributed by atoms with Gasteiger partial charge in [-0.25, -0.2) is 5.43 Å². The molecule has 8 rings (SSSR count). The Hall–Kier alpha value is -5.80. The minimum absolute atomic E-state index is 0.00891. The quantitative estimate of drug-likeness (QED) is 0.119. The van der Waals surface area contributed by atoms with Crippen LogP contribution in [0.25, 0.3) is 33.3 Å². The second kappa shape index (κ2) is 20.0. The van der Waals surface area contributed by atoms with Crippen LogP contribution in [0.15, 0.2) is 54.7 Å². The Morgan fingerprint density at radius 1 is 0.985 bits per heavy atom. The molecule has 0 spiro atoms. The number of benzene rings is 2. The van der Waals surface area contributed by atoms with E-state index < -0.39 is 41.3 Å². The number of esters is 1. The van der Waals surface area contributed by atoms with Gasteiger partial charge in [0.05, 0.1) is 24.5 Å². The number of carbonyl (C=O) groups is 5. The average Bonchev–Trinajstić information content (AvgIpc) is 3.80. The number of amides is 4. The first-order valence-corrected chi connectivity index (χ1v) is 24.7. The lowest BCUT2D eigenvalue weighted by Gasteiger charge is -2.37. The molecule has 5 heterocycles. The van der Waals surface area contributed by atoms with Gasteiger partial charge in [-0.3, -0.25) is 38.9 Å². The van der Waals surface area contributed by atoms with Gasteiger partial charge in [-0.1, -0.05) is 59.6 Å². The third kappa shape index (κ3) is 10.1. The third-order valence-corrected chi connectivity index (χ3v) is 14.6. The van der Waals surface area contributed by atoms with E-state index in [0.717, 1.165) is 76.8 Å². The van der Waals surface area contributed by atoms with Gasteiger partial charge in [0.1, 0.15) is 29.9 Å². The van der Waals surface area contributed by atoms with Gasteiger partial charge in [0.2, 0.25) is 17.7 Å². The van der Waals surface area contributed by atoms with Gasteiger partial charge in [0.15, 0.2) is 0 Å². The van der Waals surface area contributed by atoms with Crippen LogP contribution < -0.4 is 10.7 Å². The SMILES string of the molecule is CCN1C[C@@H]1C(=O)N(C)CC(=O)N(C)[C@H](C(=O)N[C@H]1Cc2cc(O)cc(c2)-c2ccc3c(c2)c(c(-c2cccnc2C(C)C)n3CC)CC(C)(C)COC(=O)[C@@H]2CCCN(N2)C1=O)C1CCCC1. The molecule has 1 saturated carbocycles. The Balaban J connectivity index is 1.18. The van der Waals surface area contributed by atoms with E-state index in [4.69, 9.17) is 9.72 Å². The first kappa shape index (κ1) is 48.6. The van der Waals surface area contributed by atoms with Crippen LogP contribution in [-0.4, -0.2) is 135 Å². The Bertz CT molecular complexity index is 2560. The molecule has 2 aromatic carbocycles. The summed E-state index contributed by atoms with van der Waals surface area (Å²) >= 11 is 0. The maximum Gasteiger partial charge on any atom is 0.324 e. The second-order valence-corrected chi connectivity index (χ2v) is 20.6. The highest BCUT2D eigenvalue weighted by atomic mass is 16.5. The Labute approximate surface area is 400 Å². The fraction of sp³-hybridized carbons (Fsp3) is 0.547. The first-order valence-electron chi connectivity index (χ1n) is 24.7. The number of phenolic OH excluding ortho intramolecular Hbond substituents is 1. The molecule has 15 nitrogen and oxygen atoms in total. The summed E-state index contributed by atoms with van der Waals surface area (Å²) in [5, 5.41) is 16.9. The van der Waals surface area contributed by atoms with Crippen LogP contribution in [0.4, 0.5) is 0 Å². The number of nitrogens with one attached hydrogen (secondary N) is 2. The van der Waals surface area contributed by atoms with Crippen LogP contribution in [0.2, 0.25) is 0 Å². The van der Waals surface area contributed by atoms with Crippen molar-refractivity contribution >= 4 is 40.5 Å². The standard InChI is InChI=1S/C53H70N8O7/c1-9-59-29-44(59)51(66)57(7)30-45(63)58(8)47(34-15-11-12-16-34)49(64)55-42-25-33-23-36(26-37(62)24-33)35-19-20-43-39(27-35)40(48(60(43)10-2)38-17-13-21-54-46(38)32(3)4)28-53(5,6)31-68-52(67)41-18-14-22-61(56-41)50(42)65/h13,17,19-21,23-24,26-27,32,34,41-42,44,47,56,62H,9-12,14-16,18,22,25,28-31H2,1-8H3,(H,55,64)/t41-,42-,44+,47-,59?/m0/s1. The minimum atomic E-state index is -1.14. The van der Waals surface area contributed by atoms with Gasteiger partial charge < -0.3 is 29.5 Å². The normalized spacial score (nSPS) is 22.4. The summed E-state index contributed by atoms with van der Waals surface area (Å²) in [4.78, 5) is 80.5. The van der Waals surface area contributed by atoms with Crippen molar-refractivity contribution in [2.45, 2.75) is 130 Å². The molecule has 1 aliphatic carbocycles. The van der Waals surface area contributed by atoms with Gasteiger partial charge >= 0.3 is 5.97 Å².